The van der Waals surface area contributed by atoms with Crippen LogP contribution in [0.4, 0.5) is 0 Å². The first-order chi connectivity index (χ1) is 9.81. The van der Waals surface area contributed by atoms with E-state index < -0.39 is 0 Å². The van der Waals surface area contributed by atoms with E-state index in [1.165, 1.54) is 19.5 Å². The Morgan fingerprint density at radius 1 is 1.25 bits per heavy atom. The van der Waals surface area contributed by atoms with Crippen molar-refractivity contribution < 1.29 is 0 Å². The maximum Gasteiger partial charge on any atom is 0.0766 e. The van der Waals surface area contributed by atoms with Gasteiger partial charge in [0.2, 0.25) is 0 Å². The van der Waals surface area contributed by atoms with Crippen molar-refractivity contribution in [3.63, 3.8) is 0 Å². The normalized spacial score (nSPS) is 19.6. The van der Waals surface area contributed by atoms with Crippen LogP contribution in [0.25, 0.3) is 5.69 Å². The van der Waals surface area contributed by atoms with Gasteiger partial charge in [0.25, 0.3) is 0 Å². The number of rotatable bonds is 5. The molecule has 4 heteroatoms. The molecular formula is C16H22N4. The predicted octanol–water partition coefficient (Wildman–Crippen LogP) is 1.91. The molecule has 0 amide bonds. The number of nitrogens with one attached hydrogen (secondary N) is 1. The van der Waals surface area contributed by atoms with Gasteiger partial charge in [0, 0.05) is 19.3 Å². The number of likely N-dealkylation sites (tertiary alicyclic amines) is 1. The van der Waals surface area contributed by atoms with Gasteiger partial charge in [0.1, 0.15) is 0 Å². The number of nitrogens with zero attached hydrogens (tertiary/aromatic N) is 3. The molecule has 20 heavy (non-hydrogen) atoms. The Morgan fingerprint density at radius 2 is 2.10 bits per heavy atom. The monoisotopic (exact) mass is 270 g/mol. The summed E-state index contributed by atoms with van der Waals surface area (Å²) in [7, 11) is 2.20. The first-order valence-electron chi connectivity index (χ1n) is 7.30. The fraction of sp³-hybridized carbons (Fsp3) is 0.438. The zero-order chi connectivity index (χ0) is 13.8. The van der Waals surface area contributed by atoms with Crippen LogP contribution in [0.5, 0.6) is 0 Å². The van der Waals surface area contributed by atoms with Crippen molar-refractivity contribution >= 4 is 0 Å². The van der Waals surface area contributed by atoms with Crippen LogP contribution in [-0.2, 0) is 6.54 Å². The molecule has 1 saturated heterocycles. The number of hydrogen-bond acceptors (Lipinski definition) is 3. The second kappa shape index (κ2) is 6.20. The maximum atomic E-state index is 4.60. The molecule has 2 heterocycles. The quantitative estimate of drug-likeness (QED) is 0.901. The molecule has 1 aromatic heterocycles. The van der Waals surface area contributed by atoms with Gasteiger partial charge >= 0.3 is 0 Å². The van der Waals surface area contributed by atoms with E-state index in [1.807, 2.05) is 29.1 Å². The van der Waals surface area contributed by atoms with Gasteiger partial charge in [-0.2, -0.15) is 5.10 Å². The first kappa shape index (κ1) is 13.3. The molecule has 1 aromatic carbocycles. The molecule has 1 fully saturated rings. The molecule has 1 aliphatic rings. The van der Waals surface area contributed by atoms with Crippen LogP contribution < -0.4 is 5.32 Å². The predicted molar refractivity (Wildman–Crippen MR) is 80.9 cm³/mol. The smallest absolute Gasteiger partial charge is 0.0766 e. The summed E-state index contributed by atoms with van der Waals surface area (Å²) in [5.74, 6) is 0.788. The average molecular weight is 270 g/mol. The highest BCUT2D eigenvalue weighted by Gasteiger charge is 2.18. The van der Waals surface area contributed by atoms with Crippen molar-refractivity contribution in [3.05, 3.63) is 48.3 Å². The molecule has 1 atom stereocenters. The van der Waals surface area contributed by atoms with Gasteiger partial charge in [-0.3, -0.25) is 0 Å². The molecule has 0 spiro atoms. The van der Waals surface area contributed by atoms with Gasteiger partial charge in [-0.15, -0.1) is 0 Å². The Hall–Kier alpha value is -1.65. The van der Waals surface area contributed by atoms with Gasteiger partial charge < -0.3 is 10.2 Å². The third kappa shape index (κ3) is 3.26. The first-order valence-corrected chi connectivity index (χ1v) is 7.30. The third-order valence-electron chi connectivity index (χ3n) is 3.89. The summed E-state index contributed by atoms with van der Waals surface area (Å²) in [5.41, 5.74) is 2.20. The Balaban J connectivity index is 1.50. The van der Waals surface area contributed by atoms with Crippen LogP contribution in [0.1, 0.15) is 12.1 Å². The second-order valence-electron chi connectivity index (χ2n) is 5.64. The van der Waals surface area contributed by atoms with E-state index in [2.05, 4.69) is 40.6 Å². The van der Waals surface area contributed by atoms with Crippen molar-refractivity contribution in [2.24, 2.45) is 5.92 Å². The fourth-order valence-electron chi connectivity index (χ4n) is 2.78. The SMILES string of the molecule is CN1CCC(CNCc2ccn(-c3ccccc3)n2)C1. The molecule has 0 radical (unpaired) electrons. The van der Waals surface area contributed by atoms with Crippen molar-refractivity contribution in [1.29, 1.82) is 0 Å². The molecule has 106 valence electrons. The summed E-state index contributed by atoms with van der Waals surface area (Å²) in [6.07, 6.45) is 3.33. The Morgan fingerprint density at radius 3 is 2.85 bits per heavy atom. The fourth-order valence-corrected chi connectivity index (χ4v) is 2.78. The van der Waals surface area contributed by atoms with Gasteiger partial charge in [-0.1, -0.05) is 18.2 Å². The van der Waals surface area contributed by atoms with Gasteiger partial charge in [0.05, 0.1) is 11.4 Å². The molecule has 1 aliphatic heterocycles. The summed E-state index contributed by atoms with van der Waals surface area (Å²) in [5, 5.41) is 8.13. The lowest BCUT2D eigenvalue weighted by atomic mass is 10.1. The van der Waals surface area contributed by atoms with Gasteiger partial charge in [-0.05, 0) is 50.7 Å². The van der Waals surface area contributed by atoms with Crippen LogP contribution >= 0.6 is 0 Å². The number of benzene rings is 1. The largest absolute Gasteiger partial charge is 0.311 e. The minimum atomic E-state index is 0.788. The zero-order valence-corrected chi connectivity index (χ0v) is 12.0. The van der Waals surface area contributed by atoms with E-state index in [0.717, 1.165) is 30.4 Å². The molecule has 4 nitrogen and oxygen atoms in total. The lowest BCUT2D eigenvalue weighted by Crippen LogP contribution is -2.24. The van der Waals surface area contributed by atoms with Gasteiger partial charge in [-0.25, -0.2) is 4.68 Å². The summed E-state index contributed by atoms with van der Waals surface area (Å²) < 4.78 is 1.93. The summed E-state index contributed by atoms with van der Waals surface area (Å²) in [6.45, 7) is 4.38. The number of aromatic nitrogens is 2. The molecule has 3 rings (SSSR count). The second-order valence-corrected chi connectivity index (χ2v) is 5.64. The van der Waals surface area contributed by atoms with Crippen LogP contribution in [0.2, 0.25) is 0 Å². The average Bonchev–Trinajstić information content (AvgIpc) is 3.09. The number of para-hydroxylation sites is 1. The van der Waals surface area contributed by atoms with E-state index in [4.69, 9.17) is 0 Å². The highest BCUT2D eigenvalue weighted by molar-refractivity contribution is 5.30. The van der Waals surface area contributed by atoms with E-state index in [-0.39, 0.29) is 0 Å². The molecule has 1 N–H and O–H groups in total. The zero-order valence-electron chi connectivity index (χ0n) is 12.0. The molecule has 1 unspecified atom stereocenters. The van der Waals surface area contributed by atoms with Crippen LogP contribution in [-0.4, -0.2) is 41.4 Å². The van der Waals surface area contributed by atoms with E-state index in [1.54, 1.807) is 0 Å². The summed E-state index contributed by atoms with van der Waals surface area (Å²) >= 11 is 0. The lowest BCUT2D eigenvalue weighted by molar-refractivity contribution is 0.388. The van der Waals surface area contributed by atoms with Crippen LogP contribution in [0.15, 0.2) is 42.6 Å². The summed E-state index contributed by atoms with van der Waals surface area (Å²) in [4.78, 5) is 2.40. The minimum Gasteiger partial charge on any atom is -0.311 e. The molecule has 0 bridgehead atoms. The Kier molecular flexibility index (Phi) is 4.14. The Labute approximate surface area is 120 Å². The lowest BCUT2D eigenvalue weighted by Gasteiger charge is -2.10. The molecule has 2 aromatic rings. The van der Waals surface area contributed by atoms with Gasteiger partial charge in [0.15, 0.2) is 0 Å². The Bertz CT molecular complexity index is 534. The van der Waals surface area contributed by atoms with Crippen molar-refractivity contribution in [2.45, 2.75) is 13.0 Å². The third-order valence-corrected chi connectivity index (χ3v) is 3.89. The minimum absolute atomic E-state index is 0.788. The van der Waals surface area contributed by atoms with Crippen LogP contribution in [0, 0.1) is 5.92 Å². The van der Waals surface area contributed by atoms with E-state index >= 15 is 0 Å². The van der Waals surface area contributed by atoms with Crippen molar-refractivity contribution in [3.8, 4) is 5.69 Å². The topological polar surface area (TPSA) is 33.1 Å². The number of hydrogen-bond donors (Lipinski definition) is 1. The van der Waals surface area contributed by atoms with E-state index in [9.17, 15) is 0 Å². The maximum absolute atomic E-state index is 4.60. The standard InChI is InChI=1S/C16H22N4/c1-19-9-7-14(13-19)11-17-12-15-8-10-20(18-15)16-5-3-2-4-6-16/h2-6,8,10,14,17H,7,9,11-13H2,1H3. The highest BCUT2D eigenvalue weighted by Crippen LogP contribution is 2.13. The van der Waals surface area contributed by atoms with Crippen LogP contribution in [0.3, 0.4) is 0 Å². The highest BCUT2D eigenvalue weighted by atomic mass is 15.3. The van der Waals surface area contributed by atoms with Crippen molar-refractivity contribution in [1.82, 2.24) is 20.0 Å². The molecular weight excluding hydrogens is 248 g/mol. The van der Waals surface area contributed by atoms with Crippen molar-refractivity contribution in [2.75, 3.05) is 26.7 Å². The summed E-state index contributed by atoms with van der Waals surface area (Å²) in [6, 6.07) is 12.3. The molecule has 0 saturated carbocycles. The molecule has 0 aliphatic carbocycles. The van der Waals surface area contributed by atoms with E-state index in [0.29, 0.717) is 0 Å².